The lowest BCUT2D eigenvalue weighted by atomic mass is 9.85. The summed E-state index contributed by atoms with van der Waals surface area (Å²) < 4.78 is 18.9. The molecule has 0 bridgehead atoms. The average molecular weight is 548 g/mol. The smallest absolute Gasteiger partial charge is 0.191 e. The minimum Gasteiger partial charge on any atom is -0.494 e. The lowest BCUT2D eigenvalue weighted by Crippen LogP contribution is -2.49. The lowest BCUT2D eigenvalue weighted by Gasteiger charge is -2.34. The van der Waals surface area contributed by atoms with Gasteiger partial charge in [-0.1, -0.05) is 25.3 Å². The SMILES string of the molecule is CCNC(=NCC1(O)CCCCC1)NC1CCN(Cc2ccc(OC)c(F)c2)CC1.I. The Morgan fingerprint density at radius 2 is 1.97 bits per heavy atom. The van der Waals surface area contributed by atoms with Crippen LogP contribution in [0.5, 0.6) is 5.75 Å². The summed E-state index contributed by atoms with van der Waals surface area (Å²) in [4.78, 5) is 7.05. The van der Waals surface area contributed by atoms with E-state index in [2.05, 4.69) is 22.5 Å². The molecule has 1 saturated carbocycles. The number of nitrogens with zero attached hydrogens (tertiary/aromatic N) is 2. The molecule has 0 amide bonds. The van der Waals surface area contributed by atoms with Crippen LogP contribution in [0.1, 0.15) is 57.4 Å². The number of benzene rings is 1. The minimum atomic E-state index is -0.641. The van der Waals surface area contributed by atoms with Gasteiger partial charge >= 0.3 is 0 Å². The van der Waals surface area contributed by atoms with Crippen LogP contribution in [0.15, 0.2) is 23.2 Å². The van der Waals surface area contributed by atoms with E-state index in [4.69, 9.17) is 9.73 Å². The molecular weight excluding hydrogens is 510 g/mol. The molecule has 31 heavy (non-hydrogen) atoms. The van der Waals surface area contributed by atoms with Crippen molar-refractivity contribution in [2.75, 3.05) is 33.3 Å². The first kappa shape index (κ1) is 26.1. The average Bonchev–Trinajstić information content (AvgIpc) is 2.74. The third kappa shape index (κ3) is 8.05. The van der Waals surface area contributed by atoms with E-state index in [0.29, 0.717) is 12.6 Å². The Morgan fingerprint density at radius 3 is 2.58 bits per heavy atom. The number of halogens is 2. The minimum absolute atomic E-state index is 0. The summed E-state index contributed by atoms with van der Waals surface area (Å²) in [5.74, 6) is 0.777. The molecular formula is C23H38FIN4O2. The van der Waals surface area contributed by atoms with Gasteiger partial charge in [-0.05, 0) is 50.3 Å². The van der Waals surface area contributed by atoms with Crippen molar-refractivity contribution in [3.05, 3.63) is 29.6 Å². The molecule has 1 heterocycles. The highest BCUT2D eigenvalue weighted by molar-refractivity contribution is 14.0. The van der Waals surface area contributed by atoms with Crippen LogP contribution in [0.3, 0.4) is 0 Å². The van der Waals surface area contributed by atoms with Crippen molar-refractivity contribution in [1.82, 2.24) is 15.5 Å². The van der Waals surface area contributed by atoms with Gasteiger partial charge in [0.25, 0.3) is 0 Å². The van der Waals surface area contributed by atoms with Gasteiger partial charge in [-0.3, -0.25) is 9.89 Å². The highest BCUT2D eigenvalue weighted by Gasteiger charge is 2.29. The number of piperidine rings is 1. The van der Waals surface area contributed by atoms with Crippen LogP contribution in [0.4, 0.5) is 4.39 Å². The summed E-state index contributed by atoms with van der Waals surface area (Å²) in [5, 5.41) is 17.6. The third-order valence-corrected chi connectivity index (χ3v) is 6.21. The standard InChI is InChI=1S/C23H37FN4O2.HI/c1-3-25-22(26-17-23(29)11-5-4-6-12-23)27-19-9-13-28(14-10-19)16-18-7-8-21(30-2)20(24)15-18;/h7-8,15,19,29H,3-6,9-14,16-17H2,1-2H3,(H2,25,26,27);1H. The Balaban J connectivity index is 0.00000341. The topological polar surface area (TPSA) is 69.1 Å². The molecule has 0 atom stereocenters. The summed E-state index contributed by atoms with van der Waals surface area (Å²) in [7, 11) is 1.48. The molecule has 3 rings (SSSR count). The summed E-state index contributed by atoms with van der Waals surface area (Å²) in [6.07, 6.45) is 7.10. The number of nitrogens with one attached hydrogen (secondary N) is 2. The maximum absolute atomic E-state index is 13.9. The Morgan fingerprint density at radius 1 is 1.26 bits per heavy atom. The first-order valence-electron chi connectivity index (χ1n) is 11.3. The fourth-order valence-corrected chi connectivity index (χ4v) is 4.41. The normalized spacial score (nSPS) is 20.1. The molecule has 8 heteroatoms. The number of rotatable bonds is 7. The van der Waals surface area contributed by atoms with Crippen LogP contribution in [0, 0.1) is 5.82 Å². The molecule has 3 N–H and O–H groups in total. The summed E-state index contributed by atoms with van der Waals surface area (Å²) in [6, 6.07) is 5.54. The molecule has 0 radical (unpaired) electrons. The second-order valence-corrected chi connectivity index (χ2v) is 8.64. The zero-order chi connectivity index (χ0) is 21.4. The van der Waals surface area contributed by atoms with E-state index >= 15 is 0 Å². The van der Waals surface area contributed by atoms with Crippen LogP contribution < -0.4 is 15.4 Å². The molecule has 176 valence electrons. The number of likely N-dealkylation sites (tertiary alicyclic amines) is 1. The first-order valence-corrected chi connectivity index (χ1v) is 11.3. The van der Waals surface area contributed by atoms with Crippen molar-refractivity contribution in [1.29, 1.82) is 0 Å². The Kier molecular flexibility index (Phi) is 10.8. The van der Waals surface area contributed by atoms with Crippen LogP contribution >= 0.6 is 24.0 Å². The van der Waals surface area contributed by atoms with Gasteiger partial charge in [0.1, 0.15) is 0 Å². The van der Waals surface area contributed by atoms with Crippen molar-refractivity contribution in [3.63, 3.8) is 0 Å². The van der Waals surface area contributed by atoms with E-state index in [0.717, 1.165) is 76.2 Å². The van der Waals surface area contributed by atoms with E-state index in [1.165, 1.54) is 13.5 Å². The maximum Gasteiger partial charge on any atom is 0.191 e. The van der Waals surface area contributed by atoms with Crippen LogP contribution in [0.2, 0.25) is 0 Å². The van der Waals surface area contributed by atoms with E-state index in [1.54, 1.807) is 12.1 Å². The molecule has 2 aliphatic rings. The molecule has 0 aromatic heterocycles. The number of hydrogen-bond donors (Lipinski definition) is 3. The van der Waals surface area contributed by atoms with E-state index in [-0.39, 0.29) is 35.5 Å². The van der Waals surface area contributed by atoms with Gasteiger partial charge < -0.3 is 20.5 Å². The predicted octanol–water partition coefficient (Wildman–Crippen LogP) is 3.67. The summed E-state index contributed by atoms with van der Waals surface area (Å²) >= 11 is 0. The number of methoxy groups -OCH3 is 1. The van der Waals surface area contributed by atoms with Crippen molar-refractivity contribution >= 4 is 29.9 Å². The monoisotopic (exact) mass is 548 g/mol. The summed E-state index contributed by atoms with van der Waals surface area (Å²) in [5.41, 5.74) is 0.327. The predicted molar refractivity (Wildman–Crippen MR) is 134 cm³/mol. The molecule has 1 aromatic carbocycles. The number of hydrogen-bond acceptors (Lipinski definition) is 4. The van der Waals surface area contributed by atoms with E-state index in [9.17, 15) is 9.50 Å². The molecule has 1 aliphatic heterocycles. The van der Waals surface area contributed by atoms with Crippen molar-refractivity contribution < 1.29 is 14.2 Å². The lowest BCUT2D eigenvalue weighted by molar-refractivity contribution is 0.0131. The van der Waals surface area contributed by atoms with Crippen molar-refractivity contribution in [3.8, 4) is 5.75 Å². The van der Waals surface area contributed by atoms with Gasteiger partial charge in [-0.25, -0.2) is 4.39 Å². The van der Waals surface area contributed by atoms with Gasteiger partial charge in [-0.15, -0.1) is 24.0 Å². The fourth-order valence-electron chi connectivity index (χ4n) is 4.41. The fraction of sp³-hybridized carbons (Fsp3) is 0.696. The van der Waals surface area contributed by atoms with Crippen molar-refractivity contribution in [2.45, 2.75) is 70.1 Å². The summed E-state index contributed by atoms with van der Waals surface area (Å²) in [6.45, 7) is 5.97. The zero-order valence-corrected chi connectivity index (χ0v) is 21.2. The number of aliphatic hydroxyl groups is 1. The van der Waals surface area contributed by atoms with Crippen LogP contribution in [-0.4, -0.2) is 60.9 Å². The second kappa shape index (κ2) is 12.8. The quantitative estimate of drug-likeness (QED) is 0.276. The molecule has 1 aliphatic carbocycles. The largest absolute Gasteiger partial charge is 0.494 e. The Hall–Kier alpha value is -1.13. The number of ether oxygens (including phenoxy) is 1. The second-order valence-electron chi connectivity index (χ2n) is 8.64. The van der Waals surface area contributed by atoms with Crippen LogP contribution in [0.25, 0.3) is 0 Å². The zero-order valence-electron chi connectivity index (χ0n) is 18.8. The number of guanidine groups is 1. The maximum atomic E-state index is 13.9. The highest BCUT2D eigenvalue weighted by Crippen LogP contribution is 2.28. The van der Waals surface area contributed by atoms with Gasteiger partial charge in [0, 0.05) is 32.2 Å². The van der Waals surface area contributed by atoms with Gasteiger partial charge in [0.2, 0.25) is 0 Å². The van der Waals surface area contributed by atoms with Crippen LogP contribution in [-0.2, 0) is 6.54 Å². The third-order valence-electron chi connectivity index (χ3n) is 6.21. The highest BCUT2D eigenvalue weighted by atomic mass is 127. The molecule has 1 saturated heterocycles. The Labute approximate surface area is 203 Å². The van der Waals surface area contributed by atoms with Crippen molar-refractivity contribution in [2.24, 2.45) is 4.99 Å². The Bertz CT molecular complexity index is 705. The van der Waals surface area contributed by atoms with Gasteiger partial charge in [0.15, 0.2) is 17.5 Å². The molecule has 1 aromatic rings. The molecule has 6 nitrogen and oxygen atoms in total. The van der Waals surface area contributed by atoms with E-state index < -0.39 is 5.60 Å². The molecule has 2 fully saturated rings. The molecule has 0 spiro atoms. The van der Waals surface area contributed by atoms with Gasteiger partial charge in [-0.2, -0.15) is 0 Å². The van der Waals surface area contributed by atoms with E-state index in [1.807, 2.05) is 6.07 Å². The first-order chi connectivity index (χ1) is 14.5. The molecule has 0 unspecified atom stereocenters. The van der Waals surface area contributed by atoms with Gasteiger partial charge in [0.05, 0.1) is 19.3 Å². The number of aliphatic imine (C=N–C) groups is 1.